The molecule has 7 heteroatoms. The molecule has 31 heavy (non-hydrogen) atoms. The van der Waals surface area contributed by atoms with Gasteiger partial charge in [-0.15, -0.1) is 0 Å². The molecule has 2 aromatic heterocycles. The fraction of sp³-hybridized carbons (Fsp3) is 0.375. The number of carbonyl (C=O) groups excluding carboxylic acids is 2. The van der Waals surface area contributed by atoms with E-state index >= 15 is 0 Å². The van der Waals surface area contributed by atoms with E-state index in [1.165, 1.54) is 0 Å². The Balaban J connectivity index is 1.74. The SMILES string of the molecule is Cc1cccc(C)c1NC(=O)C1(N(Cc2ccco2)C(=O)c2ccn[nH]2)CCCCC1. The van der Waals surface area contributed by atoms with Gasteiger partial charge in [-0.3, -0.25) is 14.7 Å². The monoisotopic (exact) mass is 420 g/mol. The number of H-pyrrole nitrogens is 1. The lowest BCUT2D eigenvalue weighted by Crippen LogP contribution is -2.59. The topological polar surface area (TPSA) is 91.2 Å². The molecule has 7 nitrogen and oxygen atoms in total. The van der Waals surface area contributed by atoms with E-state index in [0.29, 0.717) is 24.3 Å². The van der Waals surface area contributed by atoms with Crippen molar-refractivity contribution in [2.75, 3.05) is 5.32 Å². The van der Waals surface area contributed by atoms with Crippen molar-refractivity contribution in [3.8, 4) is 0 Å². The van der Waals surface area contributed by atoms with Crippen molar-refractivity contribution in [1.82, 2.24) is 15.1 Å². The second-order valence-corrected chi connectivity index (χ2v) is 8.25. The average Bonchev–Trinajstić information content (AvgIpc) is 3.49. The first-order valence-electron chi connectivity index (χ1n) is 10.7. The molecule has 3 aromatic rings. The molecule has 0 radical (unpaired) electrons. The van der Waals surface area contributed by atoms with Crippen LogP contribution in [0.1, 0.15) is 59.5 Å². The number of aryl methyl sites for hydroxylation is 2. The van der Waals surface area contributed by atoms with Gasteiger partial charge in [-0.05, 0) is 56.0 Å². The van der Waals surface area contributed by atoms with Crippen LogP contribution in [0.15, 0.2) is 53.3 Å². The molecular formula is C24H28N4O3. The summed E-state index contributed by atoms with van der Waals surface area (Å²) < 4.78 is 5.55. The zero-order valence-corrected chi connectivity index (χ0v) is 18.0. The number of hydrogen-bond acceptors (Lipinski definition) is 4. The second-order valence-electron chi connectivity index (χ2n) is 8.25. The standard InChI is InChI=1S/C24H28N4O3/c1-17-8-6-9-18(2)21(17)26-23(30)24(12-4-3-5-13-24)28(16-19-10-7-15-31-19)22(29)20-11-14-25-27-20/h6-11,14-15H,3-5,12-13,16H2,1-2H3,(H,25,27)(H,26,30). The number of para-hydroxylation sites is 1. The van der Waals surface area contributed by atoms with Gasteiger partial charge in [-0.25, -0.2) is 0 Å². The summed E-state index contributed by atoms with van der Waals surface area (Å²) in [5, 5.41) is 9.85. The summed E-state index contributed by atoms with van der Waals surface area (Å²) in [7, 11) is 0. The summed E-state index contributed by atoms with van der Waals surface area (Å²) in [4.78, 5) is 29.1. The predicted molar refractivity (Wildman–Crippen MR) is 118 cm³/mol. The summed E-state index contributed by atoms with van der Waals surface area (Å²) in [6, 6.07) is 11.2. The van der Waals surface area contributed by atoms with E-state index in [0.717, 1.165) is 36.1 Å². The molecule has 1 saturated carbocycles. The molecule has 1 aliphatic rings. The van der Waals surface area contributed by atoms with Crippen molar-refractivity contribution in [3.05, 3.63) is 71.4 Å². The third-order valence-electron chi connectivity index (χ3n) is 6.21. The van der Waals surface area contributed by atoms with Gasteiger partial charge in [-0.1, -0.05) is 37.5 Å². The molecule has 0 unspecified atom stereocenters. The van der Waals surface area contributed by atoms with Gasteiger partial charge >= 0.3 is 0 Å². The van der Waals surface area contributed by atoms with Gasteiger partial charge in [0, 0.05) is 11.9 Å². The van der Waals surface area contributed by atoms with E-state index < -0.39 is 5.54 Å². The smallest absolute Gasteiger partial charge is 0.273 e. The molecule has 1 aliphatic carbocycles. The second kappa shape index (κ2) is 8.79. The Kier molecular flexibility index (Phi) is 5.93. The number of nitrogens with one attached hydrogen (secondary N) is 2. The molecule has 4 rings (SSSR count). The van der Waals surface area contributed by atoms with Crippen molar-refractivity contribution in [3.63, 3.8) is 0 Å². The summed E-state index contributed by atoms with van der Waals surface area (Å²) in [6.45, 7) is 4.17. The highest BCUT2D eigenvalue weighted by Gasteiger charge is 2.48. The van der Waals surface area contributed by atoms with E-state index in [1.807, 2.05) is 38.1 Å². The molecule has 162 valence electrons. The minimum atomic E-state index is -0.970. The van der Waals surface area contributed by atoms with Crippen LogP contribution in [0.4, 0.5) is 5.69 Å². The minimum Gasteiger partial charge on any atom is -0.467 e. The number of benzene rings is 1. The number of aromatic amines is 1. The molecule has 1 fully saturated rings. The van der Waals surface area contributed by atoms with E-state index in [2.05, 4.69) is 15.5 Å². The number of anilines is 1. The normalized spacial score (nSPS) is 15.4. The lowest BCUT2D eigenvalue weighted by Gasteiger charge is -2.44. The summed E-state index contributed by atoms with van der Waals surface area (Å²) in [5.74, 6) is 0.231. The Morgan fingerprint density at radius 3 is 2.45 bits per heavy atom. The van der Waals surface area contributed by atoms with E-state index in [-0.39, 0.29) is 18.4 Å². The average molecular weight is 421 g/mol. The van der Waals surface area contributed by atoms with Crippen molar-refractivity contribution >= 4 is 17.5 Å². The number of aromatic nitrogens is 2. The maximum Gasteiger partial charge on any atom is 0.273 e. The molecule has 2 amide bonds. The fourth-order valence-electron chi connectivity index (χ4n) is 4.49. The summed E-state index contributed by atoms with van der Waals surface area (Å²) in [6.07, 6.45) is 7.14. The molecule has 2 heterocycles. The number of rotatable bonds is 6. The maximum absolute atomic E-state index is 13.9. The van der Waals surface area contributed by atoms with E-state index in [4.69, 9.17) is 4.42 Å². The Morgan fingerprint density at radius 1 is 1.10 bits per heavy atom. The highest BCUT2D eigenvalue weighted by atomic mass is 16.3. The van der Waals surface area contributed by atoms with Crippen LogP contribution in [-0.2, 0) is 11.3 Å². The van der Waals surface area contributed by atoms with Gasteiger partial charge in [0.25, 0.3) is 5.91 Å². The quantitative estimate of drug-likeness (QED) is 0.609. The first kappa shape index (κ1) is 20.9. The molecule has 0 spiro atoms. The van der Waals surface area contributed by atoms with Crippen LogP contribution in [0.25, 0.3) is 0 Å². The van der Waals surface area contributed by atoms with Gasteiger partial charge < -0.3 is 14.6 Å². The summed E-state index contributed by atoms with van der Waals surface area (Å²) in [5.41, 5.74) is 2.19. The molecular weight excluding hydrogens is 392 g/mol. The lowest BCUT2D eigenvalue weighted by atomic mass is 9.78. The van der Waals surface area contributed by atoms with Crippen molar-refractivity contribution in [1.29, 1.82) is 0 Å². The van der Waals surface area contributed by atoms with Gasteiger partial charge in [-0.2, -0.15) is 5.10 Å². The number of carbonyl (C=O) groups is 2. The fourth-order valence-corrected chi connectivity index (χ4v) is 4.49. The zero-order valence-electron chi connectivity index (χ0n) is 18.0. The first-order valence-corrected chi connectivity index (χ1v) is 10.7. The van der Waals surface area contributed by atoms with Crippen LogP contribution in [0.2, 0.25) is 0 Å². The zero-order chi connectivity index (χ0) is 21.8. The van der Waals surface area contributed by atoms with E-state index in [1.54, 1.807) is 29.5 Å². The van der Waals surface area contributed by atoms with Crippen molar-refractivity contribution < 1.29 is 14.0 Å². The maximum atomic E-state index is 13.9. The molecule has 1 aromatic carbocycles. The predicted octanol–water partition coefficient (Wildman–Crippen LogP) is 4.60. The van der Waals surface area contributed by atoms with E-state index in [9.17, 15) is 9.59 Å². The van der Waals surface area contributed by atoms with Gasteiger partial charge in [0.2, 0.25) is 5.91 Å². The third-order valence-corrected chi connectivity index (χ3v) is 6.21. The molecule has 2 N–H and O–H groups in total. The third kappa shape index (κ3) is 4.13. The van der Waals surface area contributed by atoms with Crippen LogP contribution in [0.5, 0.6) is 0 Å². The van der Waals surface area contributed by atoms with Crippen LogP contribution < -0.4 is 5.32 Å². The lowest BCUT2D eigenvalue weighted by molar-refractivity contribution is -0.129. The molecule has 0 atom stereocenters. The Hall–Kier alpha value is -3.35. The van der Waals surface area contributed by atoms with Gasteiger partial charge in [0.05, 0.1) is 12.8 Å². The van der Waals surface area contributed by atoms with Gasteiger partial charge in [0.1, 0.15) is 17.0 Å². The largest absolute Gasteiger partial charge is 0.467 e. The number of hydrogen-bond donors (Lipinski definition) is 2. The number of furan rings is 1. The number of nitrogens with zero attached hydrogens (tertiary/aromatic N) is 2. The highest BCUT2D eigenvalue weighted by molar-refractivity contribution is 6.03. The molecule has 0 saturated heterocycles. The summed E-state index contributed by atoms with van der Waals surface area (Å²) >= 11 is 0. The molecule has 0 aliphatic heterocycles. The van der Waals surface area contributed by atoms with Crippen molar-refractivity contribution in [2.24, 2.45) is 0 Å². The van der Waals surface area contributed by atoms with Crippen molar-refractivity contribution in [2.45, 2.75) is 58.0 Å². The van der Waals surface area contributed by atoms with Crippen LogP contribution >= 0.6 is 0 Å². The van der Waals surface area contributed by atoms with Crippen LogP contribution in [0, 0.1) is 13.8 Å². The van der Waals surface area contributed by atoms with Crippen LogP contribution in [0.3, 0.4) is 0 Å². The first-order chi connectivity index (χ1) is 15.0. The van der Waals surface area contributed by atoms with Gasteiger partial charge in [0.15, 0.2) is 0 Å². The van der Waals surface area contributed by atoms with Crippen LogP contribution in [-0.4, -0.2) is 32.5 Å². The Bertz CT molecular complexity index is 1010. The minimum absolute atomic E-state index is 0.149. The highest BCUT2D eigenvalue weighted by Crippen LogP contribution is 2.37. The Morgan fingerprint density at radius 2 is 1.84 bits per heavy atom. The Labute approximate surface area is 181 Å². The number of amides is 2. The molecule has 0 bridgehead atoms.